The molecule has 1 heterocycles. The Kier molecular flexibility index (Phi) is 3.69. The van der Waals surface area contributed by atoms with Crippen molar-refractivity contribution >= 4 is 17.3 Å². The SMILES string of the molecule is Nc1ccc(Cl)cc1CN1CCCC1CO. The molecule has 1 saturated heterocycles. The Morgan fingerprint density at radius 3 is 3.06 bits per heavy atom. The molecule has 0 amide bonds. The van der Waals surface area contributed by atoms with Crippen molar-refractivity contribution in [2.24, 2.45) is 0 Å². The van der Waals surface area contributed by atoms with E-state index in [1.165, 1.54) is 0 Å². The normalized spacial score (nSPS) is 21.5. The maximum atomic E-state index is 9.24. The summed E-state index contributed by atoms with van der Waals surface area (Å²) >= 11 is 5.95. The molecule has 4 heteroatoms. The number of benzene rings is 1. The Labute approximate surface area is 101 Å². The molecule has 1 aliphatic rings. The molecule has 0 aromatic heterocycles. The van der Waals surface area contributed by atoms with Crippen molar-refractivity contribution in [3.63, 3.8) is 0 Å². The highest BCUT2D eigenvalue weighted by Crippen LogP contribution is 2.24. The van der Waals surface area contributed by atoms with Gasteiger partial charge in [0.2, 0.25) is 0 Å². The van der Waals surface area contributed by atoms with Gasteiger partial charge in [-0.25, -0.2) is 0 Å². The van der Waals surface area contributed by atoms with Gasteiger partial charge in [-0.15, -0.1) is 0 Å². The van der Waals surface area contributed by atoms with Crippen LogP contribution in [0.5, 0.6) is 0 Å². The minimum atomic E-state index is 0.223. The van der Waals surface area contributed by atoms with Crippen LogP contribution in [-0.2, 0) is 6.54 Å². The molecule has 16 heavy (non-hydrogen) atoms. The molecular weight excluding hydrogens is 224 g/mol. The van der Waals surface area contributed by atoms with E-state index >= 15 is 0 Å². The van der Waals surface area contributed by atoms with Gasteiger partial charge in [-0.1, -0.05) is 11.6 Å². The minimum Gasteiger partial charge on any atom is -0.398 e. The van der Waals surface area contributed by atoms with E-state index < -0.39 is 0 Å². The molecular formula is C12H17ClN2O. The molecule has 2 rings (SSSR count). The summed E-state index contributed by atoms with van der Waals surface area (Å²) in [5.74, 6) is 0. The van der Waals surface area contributed by atoms with E-state index in [9.17, 15) is 5.11 Å². The first-order chi connectivity index (χ1) is 7.70. The van der Waals surface area contributed by atoms with Gasteiger partial charge in [0.05, 0.1) is 6.61 Å². The molecule has 0 aliphatic carbocycles. The van der Waals surface area contributed by atoms with Gasteiger partial charge >= 0.3 is 0 Å². The third kappa shape index (κ3) is 2.48. The molecule has 3 nitrogen and oxygen atoms in total. The van der Waals surface area contributed by atoms with Gasteiger partial charge < -0.3 is 10.8 Å². The second-order valence-electron chi connectivity index (χ2n) is 4.29. The Morgan fingerprint density at radius 2 is 2.31 bits per heavy atom. The first-order valence-corrected chi connectivity index (χ1v) is 5.97. The van der Waals surface area contributed by atoms with Crippen LogP contribution in [0, 0.1) is 0 Å². The minimum absolute atomic E-state index is 0.223. The van der Waals surface area contributed by atoms with Crippen LogP contribution in [0.3, 0.4) is 0 Å². The number of halogens is 1. The molecule has 1 aliphatic heterocycles. The van der Waals surface area contributed by atoms with Crippen LogP contribution in [0.2, 0.25) is 5.02 Å². The standard InChI is InChI=1S/C12H17ClN2O/c13-10-3-4-12(14)9(6-10)7-15-5-1-2-11(15)8-16/h3-4,6,11,16H,1-2,5,7-8,14H2. The van der Waals surface area contributed by atoms with Crippen LogP contribution >= 0.6 is 11.6 Å². The second kappa shape index (κ2) is 5.04. The smallest absolute Gasteiger partial charge is 0.0587 e. The number of aliphatic hydroxyl groups is 1. The average molecular weight is 241 g/mol. The van der Waals surface area contributed by atoms with Crippen molar-refractivity contribution in [1.82, 2.24) is 4.90 Å². The molecule has 0 saturated carbocycles. The number of hydrogen-bond donors (Lipinski definition) is 2. The molecule has 1 aromatic carbocycles. The summed E-state index contributed by atoms with van der Waals surface area (Å²) in [6.07, 6.45) is 2.21. The molecule has 0 spiro atoms. The number of anilines is 1. The van der Waals surface area contributed by atoms with Gasteiger partial charge in [0.15, 0.2) is 0 Å². The largest absolute Gasteiger partial charge is 0.398 e. The van der Waals surface area contributed by atoms with Gasteiger partial charge in [0.1, 0.15) is 0 Å². The molecule has 1 atom stereocenters. The van der Waals surface area contributed by atoms with Crippen LogP contribution in [0.1, 0.15) is 18.4 Å². The van der Waals surface area contributed by atoms with Gasteiger partial charge in [-0.2, -0.15) is 0 Å². The van der Waals surface area contributed by atoms with Crippen molar-refractivity contribution in [3.8, 4) is 0 Å². The van der Waals surface area contributed by atoms with E-state index in [0.29, 0.717) is 5.02 Å². The fraction of sp³-hybridized carbons (Fsp3) is 0.500. The number of likely N-dealkylation sites (tertiary alicyclic amines) is 1. The summed E-state index contributed by atoms with van der Waals surface area (Å²) in [6, 6.07) is 5.82. The first-order valence-electron chi connectivity index (χ1n) is 5.59. The number of nitrogens with two attached hydrogens (primary N) is 1. The lowest BCUT2D eigenvalue weighted by molar-refractivity contribution is 0.154. The number of aliphatic hydroxyl groups excluding tert-OH is 1. The predicted molar refractivity (Wildman–Crippen MR) is 66.4 cm³/mol. The van der Waals surface area contributed by atoms with Gasteiger partial charge in [0.25, 0.3) is 0 Å². The van der Waals surface area contributed by atoms with Crippen LogP contribution in [0.4, 0.5) is 5.69 Å². The predicted octanol–water partition coefficient (Wildman–Crippen LogP) is 1.88. The maximum Gasteiger partial charge on any atom is 0.0587 e. The summed E-state index contributed by atoms with van der Waals surface area (Å²) < 4.78 is 0. The van der Waals surface area contributed by atoms with Crippen molar-refractivity contribution < 1.29 is 5.11 Å². The lowest BCUT2D eigenvalue weighted by atomic mass is 10.1. The van der Waals surface area contributed by atoms with Crippen LogP contribution in [-0.4, -0.2) is 29.2 Å². The zero-order chi connectivity index (χ0) is 11.5. The Balaban J connectivity index is 2.11. The molecule has 88 valence electrons. The highest BCUT2D eigenvalue weighted by atomic mass is 35.5. The lowest BCUT2D eigenvalue weighted by Gasteiger charge is -2.23. The zero-order valence-corrected chi connectivity index (χ0v) is 9.95. The quantitative estimate of drug-likeness (QED) is 0.794. The van der Waals surface area contributed by atoms with Crippen LogP contribution in [0.25, 0.3) is 0 Å². The third-order valence-electron chi connectivity index (χ3n) is 3.19. The number of nitrogens with zero attached hydrogens (tertiary/aromatic N) is 1. The second-order valence-corrected chi connectivity index (χ2v) is 4.73. The van der Waals surface area contributed by atoms with Crippen molar-refractivity contribution in [3.05, 3.63) is 28.8 Å². The summed E-state index contributed by atoms with van der Waals surface area (Å²) in [5, 5.41) is 9.95. The molecule has 0 bridgehead atoms. The molecule has 3 N–H and O–H groups in total. The lowest BCUT2D eigenvalue weighted by Crippen LogP contribution is -2.31. The maximum absolute atomic E-state index is 9.24. The summed E-state index contributed by atoms with van der Waals surface area (Å²) in [4.78, 5) is 2.27. The number of nitrogen functional groups attached to an aromatic ring is 1. The first kappa shape index (κ1) is 11.7. The number of hydrogen-bond acceptors (Lipinski definition) is 3. The molecule has 1 fully saturated rings. The zero-order valence-electron chi connectivity index (χ0n) is 9.19. The van der Waals surface area contributed by atoms with E-state index in [1.54, 1.807) is 6.07 Å². The number of rotatable bonds is 3. The summed E-state index contributed by atoms with van der Waals surface area (Å²) in [6.45, 7) is 2.02. The van der Waals surface area contributed by atoms with E-state index in [2.05, 4.69) is 4.90 Å². The molecule has 1 unspecified atom stereocenters. The molecule has 1 aromatic rings. The van der Waals surface area contributed by atoms with E-state index in [0.717, 1.165) is 37.2 Å². The van der Waals surface area contributed by atoms with E-state index in [-0.39, 0.29) is 12.6 Å². The summed E-state index contributed by atoms with van der Waals surface area (Å²) in [5.41, 5.74) is 7.73. The van der Waals surface area contributed by atoms with Crippen molar-refractivity contribution in [1.29, 1.82) is 0 Å². The van der Waals surface area contributed by atoms with Crippen LogP contribution < -0.4 is 5.73 Å². The van der Waals surface area contributed by atoms with Gasteiger partial charge in [0, 0.05) is 23.3 Å². The van der Waals surface area contributed by atoms with E-state index in [1.807, 2.05) is 12.1 Å². The Bertz CT molecular complexity index is 370. The summed E-state index contributed by atoms with van der Waals surface area (Å²) in [7, 11) is 0. The topological polar surface area (TPSA) is 49.5 Å². The van der Waals surface area contributed by atoms with Crippen molar-refractivity contribution in [2.45, 2.75) is 25.4 Å². The monoisotopic (exact) mass is 240 g/mol. The average Bonchev–Trinajstić information content (AvgIpc) is 2.71. The van der Waals surface area contributed by atoms with Crippen molar-refractivity contribution in [2.75, 3.05) is 18.9 Å². The highest BCUT2D eigenvalue weighted by molar-refractivity contribution is 6.30. The van der Waals surface area contributed by atoms with Gasteiger partial charge in [-0.05, 0) is 43.1 Å². The highest BCUT2D eigenvalue weighted by Gasteiger charge is 2.23. The fourth-order valence-electron chi connectivity index (χ4n) is 2.24. The van der Waals surface area contributed by atoms with Gasteiger partial charge in [-0.3, -0.25) is 4.90 Å². The van der Waals surface area contributed by atoms with Crippen LogP contribution in [0.15, 0.2) is 18.2 Å². The fourth-order valence-corrected chi connectivity index (χ4v) is 2.43. The molecule has 0 radical (unpaired) electrons. The third-order valence-corrected chi connectivity index (χ3v) is 3.42. The van der Waals surface area contributed by atoms with E-state index in [4.69, 9.17) is 17.3 Å². The Hall–Kier alpha value is -0.770. The Morgan fingerprint density at radius 1 is 1.50 bits per heavy atom.